The van der Waals surface area contributed by atoms with Gasteiger partial charge >= 0.3 is 5.97 Å². The molecule has 0 radical (unpaired) electrons. The van der Waals surface area contributed by atoms with Crippen molar-refractivity contribution in [2.75, 3.05) is 6.61 Å². The number of carbonyl (C=O) groups is 2. The number of aryl methyl sites for hydroxylation is 2. The molecule has 2 rings (SSSR count). The molecule has 0 aliphatic heterocycles. The highest BCUT2D eigenvalue weighted by molar-refractivity contribution is 5.80. The molecule has 0 aliphatic rings. The number of nitrogens with one attached hydrogen (secondary N) is 1. The number of hydrogen-bond donors (Lipinski definition) is 1. The Balaban J connectivity index is 1.69. The highest BCUT2D eigenvalue weighted by Gasteiger charge is 2.13. The minimum atomic E-state index is -0.402. The molecule has 0 saturated heterocycles. The van der Waals surface area contributed by atoms with E-state index in [1.165, 1.54) is 6.26 Å². The molecule has 0 spiro atoms. The second kappa shape index (κ2) is 7.62. The van der Waals surface area contributed by atoms with Crippen LogP contribution < -0.4 is 5.32 Å². The van der Waals surface area contributed by atoms with Crippen LogP contribution in [-0.2, 0) is 34.3 Å². The maximum absolute atomic E-state index is 11.7. The lowest BCUT2D eigenvalue weighted by Crippen LogP contribution is -2.28. The maximum atomic E-state index is 11.7. The molecule has 0 bridgehead atoms. The molecule has 0 fully saturated rings. The predicted octanol–water partition coefficient (Wildman–Crippen LogP) is 1.42. The van der Waals surface area contributed by atoms with Gasteiger partial charge in [-0.15, -0.1) is 0 Å². The Morgan fingerprint density at radius 2 is 2.17 bits per heavy atom. The Morgan fingerprint density at radius 3 is 2.78 bits per heavy atom. The summed E-state index contributed by atoms with van der Waals surface area (Å²) in [7, 11) is 1.87. The largest absolute Gasteiger partial charge is 0.467 e. The van der Waals surface area contributed by atoms with Gasteiger partial charge in [-0.2, -0.15) is 5.10 Å². The SMILES string of the molecule is Cc1nn(C)c(C)c1CCC(=O)OCC(=O)NCc1ccco1. The Kier molecular flexibility index (Phi) is 5.56. The minimum Gasteiger partial charge on any atom is -0.467 e. The van der Waals surface area contributed by atoms with Crippen molar-refractivity contribution in [3.63, 3.8) is 0 Å². The van der Waals surface area contributed by atoms with Crippen LogP contribution in [-0.4, -0.2) is 28.3 Å². The lowest BCUT2D eigenvalue weighted by atomic mass is 10.1. The monoisotopic (exact) mass is 319 g/mol. The van der Waals surface area contributed by atoms with E-state index >= 15 is 0 Å². The Bertz CT molecular complexity index is 674. The van der Waals surface area contributed by atoms with Crippen molar-refractivity contribution in [1.82, 2.24) is 15.1 Å². The van der Waals surface area contributed by atoms with E-state index in [4.69, 9.17) is 9.15 Å². The van der Waals surface area contributed by atoms with E-state index in [1.807, 2.05) is 20.9 Å². The normalized spacial score (nSPS) is 10.6. The highest BCUT2D eigenvalue weighted by atomic mass is 16.5. The van der Waals surface area contributed by atoms with Gasteiger partial charge in [-0.1, -0.05) is 0 Å². The van der Waals surface area contributed by atoms with Gasteiger partial charge in [-0.25, -0.2) is 0 Å². The first-order valence-corrected chi connectivity index (χ1v) is 7.41. The molecule has 2 aromatic rings. The first-order valence-electron chi connectivity index (χ1n) is 7.41. The number of esters is 1. The van der Waals surface area contributed by atoms with Crippen molar-refractivity contribution in [1.29, 1.82) is 0 Å². The molecule has 0 unspecified atom stereocenters. The topological polar surface area (TPSA) is 86.4 Å². The van der Waals surface area contributed by atoms with Crippen LogP contribution >= 0.6 is 0 Å². The molecule has 2 heterocycles. The first-order chi connectivity index (χ1) is 11.0. The van der Waals surface area contributed by atoms with Gasteiger partial charge in [0.25, 0.3) is 5.91 Å². The first kappa shape index (κ1) is 16.8. The minimum absolute atomic E-state index is 0.221. The number of hydrogen-bond acceptors (Lipinski definition) is 5. The van der Waals surface area contributed by atoms with E-state index in [-0.39, 0.29) is 25.5 Å². The quantitative estimate of drug-likeness (QED) is 0.780. The van der Waals surface area contributed by atoms with Gasteiger partial charge in [0.2, 0.25) is 0 Å². The second-order valence-electron chi connectivity index (χ2n) is 5.29. The Hall–Kier alpha value is -2.57. The van der Waals surface area contributed by atoms with Crippen LogP contribution in [0, 0.1) is 13.8 Å². The summed E-state index contributed by atoms with van der Waals surface area (Å²) >= 11 is 0. The zero-order chi connectivity index (χ0) is 16.8. The fraction of sp³-hybridized carbons (Fsp3) is 0.438. The van der Waals surface area contributed by atoms with Crippen LogP contribution in [0.25, 0.3) is 0 Å². The third kappa shape index (κ3) is 4.70. The van der Waals surface area contributed by atoms with E-state index < -0.39 is 5.97 Å². The van der Waals surface area contributed by atoms with Crippen molar-refractivity contribution >= 4 is 11.9 Å². The van der Waals surface area contributed by atoms with Gasteiger partial charge in [0.05, 0.1) is 18.5 Å². The number of furan rings is 1. The summed E-state index contributed by atoms with van der Waals surface area (Å²) in [4.78, 5) is 23.3. The number of carbonyl (C=O) groups excluding carboxylic acids is 2. The molecule has 7 heteroatoms. The van der Waals surface area contributed by atoms with E-state index in [2.05, 4.69) is 10.4 Å². The number of amides is 1. The van der Waals surface area contributed by atoms with Crippen molar-refractivity contribution in [2.45, 2.75) is 33.2 Å². The lowest BCUT2D eigenvalue weighted by molar-refractivity contribution is -0.148. The average molecular weight is 319 g/mol. The average Bonchev–Trinajstić information content (AvgIpc) is 3.11. The molecule has 0 atom stereocenters. The van der Waals surface area contributed by atoms with Crippen molar-refractivity contribution in [2.24, 2.45) is 7.05 Å². The molecule has 1 amide bonds. The summed E-state index contributed by atoms with van der Waals surface area (Å²) in [5.74, 6) is -0.114. The lowest BCUT2D eigenvalue weighted by Gasteiger charge is -2.06. The molecular weight excluding hydrogens is 298 g/mol. The van der Waals surface area contributed by atoms with Crippen LogP contribution in [0.15, 0.2) is 22.8 Å². The van der Waals surface area contributed by atoms with Crippen LogP contribution in [0.3, 0.4) is 0 Å². The summed E-state index contributed by atoms with van der Waals surface area (Å²) in [5, 5.41) is 6.92. The van der Waals surface area contributed by atoms with Crippen molar-refractivity contribution < 1.29 is 18.7 Å². The molecule has 0 saturated carbocycles. The number of rotatable bonds is 7. The summed E-state index contributed by atoms with van der Waals surface area (Å²) in [6.07, 6.45) is 2.31. The summed E-state index contributed by atoms with van der Waals surface area (Å²) < 4.78 is 11.9. The van der Waals surface area contributed by atoms with E-state index in [1.54, 1.807) is 16.8 Å². The summed E-state index contributed by atoms with van der Waals surface area (Å²) in [6.45, 7) is 3.86. The molecule has 1 N–H and O–H groups in total. The van der Waals surface area contributed by atoms with Gasteiger partial charge in [0.1, 0.15) is 5.76 Å². The van der Waals surface area contributed by atoms with E-state index in [0.717, 1.165) is 17.0 Å². The second-order valence-corrected chi connectivity index (χ2v) is 5.29. The van der Waals surface area contributed by atoms with Gasteiger partial charge in [0.15, 0.2) is 6.61 Å². The van der Waals surface area contributed by atoms with Gasteiger partial charge in [0, 0.05) is 19.2 Å². The third-order valence-corrected chi connectivity index (χ3v) is 3.64. The van der Waals surface area contributed by atoms with Crippen LogP contribution in [0.5, 0.6) is 0 Å². The third-order valence-electron chi connectivity index (χ3n) is 3.64. The standard InChI is InChI=1S/C16H21N3O4/c1-11-14(12(2)19(3)18-11)6-7-16(21)23-10-15(20)17-9-13-5-4-8-22-13/h4-5,8H,6-7,9-10H2,1-3H3,(H,17,20). The molecule has 0 aromatic carbocycles. The van der Waals surface area contributed by atoms with Gasteiger partial charge < -0.3 is 14.5 Å². The molecular formula is C16H21N3O4. The molecule has 7 nitrogen and oxygen atoms in total. The summed E-state index contributed by atoms with van der Waals surface area (Å²) in [5.41, 5.74) is 2.99. The zero-order valence-electron chi connectivity index (χ0n) is 13.6. The van der Waals surface area contributed by atoms with Crippen LogP contribution in [0.2, 0.25) is 0 Å². The fourth-order valence-electron chi connectivity index (χ4n) is 2.27. The highest BCUT2D eigenvalue weighted by Crippen LogP contribution is 2.14. The van der Waals surface area contributed by atoms with Gasteiger partial charge in [-0.3, -0.25) is 14.3 Å². The molecule has 124 valence electrons. The predicted molar refractivity (Wildman–Crippen MR) is 82.5 cm³/mol. The van der Waals surface area contributed by atoms with Crippen LogP contribution in [0.4, 0.5) is 0 Å². The maximum Gasteiger partial charge on any atom is 0.306 e. The van der Waals surface area contributed by atoms with Crippen molar-refractivity contribution in [3.05, 3.63) is 41.1 Å². The number of aromatic nitrogens is 2. The van der Waals surface area contributed by atoms with Crippen LogP contribution in [0.1, 0.15) is 29.1 Å². The molecule has 23 heavy (non-hydrogen) atoms. The van der Waals surface area contributed by atoms with E-state index in [9.17, 15) is 9.59 Å². The molecule has 2 aromatic heterocycles. The number of ether oxygens (including phenoxy) is 1. The van der Waals surface area contributed by atoms with Crippen molar-refractivity contribution in [3.8, 4) is 0 Å². The summed E-state index contributed by atoms with van der Waals surface area (Å²) in [6, 6.07) is 3.49. The molecule has 0 aliphatic carbocycles. The fourth-order valence-corrected chi connectivity index (χ4v) is 2.27. The Labute approximate surface area is 134 Å². The smallest absolute Gasteiger partial charge is 0.306 e. The van der Waals surface area contributed by atoms with E-state index in [0.29, 0.717) is 12.2 Å². The zero-order valence-corrected chi connectivity index (χ0v) is 13.6. The Morgan fingerprint density at radius 1 is 1.39 bits per heavy atom. The van der Waals surface area contributed by atoms with Gasteiger partial charge in [-0.05, 0) is 38.0 Å². The number of nitrogens with zero attached hydrogens (tertiary/aromatic N) is 2.